The Balaban J connectivity index is 2.13. The molecule has 2 N–H and O–H groups in total. The van der Waals surface area contributed by atoms with Crippen LogP contribution < -0.4 is 10.6 Å². The summed E-state index contributed by atoms with van der Waals surface area (Å²) in [5, 5.41) is 5.41. The summed E-state index contributed by atoms with van der Waals surface area (Å²) in [6, 6.07) is 4.20. The molecule has 2 rings (SSSR count). The predicted molar refractivity (Wildman–Crippen MR) is 73.6 cm³/mol. The second-order valence-electron chi connectivity index (χ2n) is 3.62. The topological polar surface area (TPSA) is 66.9 Å². The number of anilines is 2. The summed E-state index contributed by atoms with van der Waals surface area (Å²) in [5.74, 6) is -0.231. The third-order valence-corrected chi connectivity index (χ3v) is 2.93. The Hall–Kier alpha value is -2.02. The Morgan fingerprint density at radius 3 is 2.68 bits per heavy atom. The molecule has 0 aliphatic rings. The highest BCUT2D eigenvalue weighted by atomic mass is 79.9. The summed E-state index contributed by atoms with van der Waals surface area (Å²) >= 11 is 3.05. The fourth-order valence-corrected chi connectivity index (χ4v) is 1.72. The molecule has 5 nitrogen and oxygen atoms in total. The van der Waals surface area contributed by atoms with Crippen molar-refractivity contribution >= 4 is 33.3 Å². The molecule has 1 aromatic heterocycles. The molecule has 0 aliphatic heterocycles. The molecule has 0 spiro atoms. The minimum absolute atomic E-state index is 0.180. The van der Waals surface area contributed by atoms with Gasteiger partial charge in [-0.1, -0.05) is 0 Å². The van der Waals surface area contributed by atoms with Gasteiger partial charge in [0.05, 0.1) is 16.9 Å². The van der Waals surface area contributed by atoms with Crippen molar-refractivity contribution in [1.29, 1.82) is 0 Å². The van der Waals surface area contributed by atoms with Crippen molar-refractivity contribution in [2.24, 2.45) is 0 Å². The van der Waals surface area contributed by atoms with Gasteiger partial charge in [0.15, 0.2) is 0 Å². The van der Waals surface area contributed by atoms with Crippen LogP contribution in [0.15, 0.2) is 35.1 Å². The van der Waals surface area contributed by atoms with Crippen LogP contribution in [-0.2, 0) is 0 Å². The zero-order valence-corrected chi connectivity index (χ0v) is 11.5. The van der Waals surface area contributed by atoms with Crippen molar-refractivity contribution in [2.45, 2.75) is 0 Å². The summed E-state index contributed by atoms with van der Waals surface area (Å²) < 4.78 is 13.3. The van der Waals surface area contributed by atoms with E-state index in [0.717, 1.165) is 0 Å². The van der Waals surface area contributed by atoms with E-state index in [9.17, 15) is 9.18 Å². The maximum absolute atomic E-state index is 13.1. The average molecular weight is 325 g/mol. The maximum atomic E-state index is 13.1. The van der Waals surface area contributed by atoms with E-state index in [0.29, 0.717) is 11.5 Å². The SMILES string of the molecule is CNc1cnc(C(=O)Nc2ccc(F)c(Br)c2)cn1. The summed E-state index contributed by atoms with van der Waals surface area (Å²) in [6.45, 7) is 0. The second-order valence-corrected chi connectivity index (χ2v) is 4.47. The highest BCUT2D eigenvalue weighted by Crippen LogP contribution is 2.20. The summed E-state index contributed by atoms with van der Waals surface area (Å²) in [5.41, 5.74) is 0.650. The number of halogens is 2. The quantitative estimate of drug-likeness (QED) is 0.910. The molecule has 0 saturated heterocycles. The Labute approximate surface area is 117 Å². The van der Waals surface area contributed by atoms with Gasteiger partial charge in [0, 0.05) is 12.7 Å². The fraction of sp³-hybridized carbons (Fsp3) is 0.0833. The lowest BCUT2D eigenvalue weighted by molar-refractivity contribution is 0.102. The highest BCUT2D eigenvalue weighted by Gasteiger charge is 2.09. The predicted octanol–water partition coefficient (Wildman–Crippen LogP) is 2.67. The number of nitrogens with zero attached hydrogens (tertiary/aromatic N) is 2. The lowest BCUT2D eigenvalue weighted by Gasteiger charge is -2.06. The largest absolute Gasteiger partial charge is 0.372 e. The zero-order valence-electron chi connectivity index (χ0n) is 9.95. The normalized spacial score (nSPS) is 10.1. The van der Waals surface area contributed by atoms with Crippen LogP contribution in [0.2, 0.25) is 0 Å². The number of hydrogen-bond acceptors (Lipinski definition) is 4. The van der Waals surface area contributed by atoms with Crippen LogP contribution in [0.5, 0.6) is 0 Å². The van der Waals surface area contributed by atoms with E-state index >= 15 is 0 Å². The molecule has 0 atom stereocenters. The van der Waals surface area contributed by atoms with Crippen LogP contribution in [0.1, 0.15) is 10.5 Å². The molecule has 19 heavy (non-hydrogen) atoms. The number of benzene rings is 1. The first-order valence-corrected chi connectivity index (χ1v) is 6.15. The number of carbonyl (C=O) groups is 1. The Morgan fingerprint density at radius 2 is 2.11 bits per heavy atom. The zero-order chi connectivity index (χ0) is 13.8. The van der Waals surface area contributed by atoms with Gasteiger partial charge in [0.2, 0.25) is 0 Å². The van der Waals surface area contributed by atoms with Crippen molar-refractivity contribution in [3.63, 3.8) is 0 Å². The number of rotatable bonds is 3. The van der Waals surface area contributed by atoms with Gasteiger partial charge in [0.25, 0.3) is 5.91 Å². The average Bonchev–Trinajstić information content (AvgIpc) is 2.43. The van der Waals surface area contributed by atoms with Gasteiger partial charge in [-0.3, -0.25) is 4.79 Å². The molecular weight excluding hydrogens is 315 g/mol. The van der Waals surface area contributed by atoms with Gasteiger partial charge < -0.3 is 10.6 Å². The lowest BCUT2D eigenvalue weighted by Crippen LogP contribution is -2.14. The number of amides is 1. The first-order chi connectivity index (χ1) is 9.10. The van der Waals surface area contributed by atoms with E-state index < -0.39 is 11.7 Å². The van der Waals surface area contributed by atoms with Gasteiger partial charge in [-0.15, -0.1) is 0 Å². The van der Waals surface area contributed by atoms with E-state index in [1.807, 2.05) is 0 Å². The van der Waals surface area contributed by atoms with E-state index in [1.165, 1.54) is 30.6 Å². The van der Waals surface area contributed by atoms with Gasteiger partial charge in [-0.05, 0) is 34.1 Å². The summed E-state index contributed by atoms with van der Waals surface area (Å²) in [4.78, 5) is 19.8. The number of hydrogen-bond donors (Lipinski definition) is 2. The Morgan fingerprint density at radius 1 is 1.32 bits per heavy atom. The number of aromatic nitrogens is 2. The van der Waals surface area contributed by atoms with Crippen molar-refractivity contribution < 1.29 is 9.18 Å². The summed E-state index contributed by atoms with van der Waals surface area (Å²) in [6.07, 6.45) is 2.81. The van der Waals surface area contributed by atoms with E-state index in [2.05, 4.69) is 36.5 Å². The van der Waals surface area contributed by atoms with Crippen molar-refractivity contribution in [3.05, 3.63) is 46.6 Å². The van der Waals surface area contributed by atoms with Crippen LogP contribution in [0, 0.1) is 5.82 Å². The monoisotopic (exact) mass is 324 g/mol. The second kappa shape index (κ2) is 5.75. The Kier molecular flexibility index (Phi) is 4.06. The summed E-state index contributed by atoms with van der Waals surface area (Å²) in [7, 11) is 1.71. The molecule has 0 unspecified atom stereocenters. The molecular formula is C12H10BrFN4O. The van der Waals surface area contributed by atoms with Gasteiger partial charge in [0.1, 0.15) is 17.3 Å². The molecule has 1 amide bonds. The molecule has 0 radical (unpaired) electrons. The smallest absolute Gasteiger partial charge is 0.275 e. The fourth-order valence-electron chi connectivity index (χ4n) is 1.34. The first-order valence-electron chi connectivity index (χ1n) is 5.36. The molecule has 1 aromatic carbocycles. The molecule has 0 saturated carbocycles. The van der Waals surface area contributed by atoms with Crippen LogP contribution in [0.25, 0.3) is 0 Å². The molecule has 1 heterocycles. The maximum Gasteiger partial charge on any atom is 0.275 e. The standard InChI is InChI=1S/C12H10BrFN4O/c1-15-11-6-16-10(5-17-11)12(19)18-7-2-3-9(14)8(13)4-7/h2-6H,1H3,(H,15,17)(H,18,19). The van der Waals surface area contributed by atoms with E-state index in [4.69, 9.17) is 0 Å². The van der Waals surface area contributed by atoms with Crippen LogP contribution in [0.3, 0.4) is 0 Å². The third-order valence-electron chi connectivity index (χ3n) is 2.32. The highest BCUT2D eigenvalue weighted by molar-refractivity contribution is 9.10. The molecule has 7 heteroatoms. The van der Waals surface area contributed by atoms with Crippen molar-refractivity contribution in [3.8, 4) is 0 Å². The minimum atomic E-state index is -0.409. The van der Waals surface area contributed by atoms with Gasteiger partial charge in [-0.2, -0.15) is 0 Å². The first kappa shape index (κ1) is 13.4. The van der Waals surface area contributed by atoms with Crippen LogP contribution >= 0.6 is 15.9 Å². The number of carbonyl (C=O) groups excluding carboxylic acids is 1. The number of nitrogens with one attached hydrogen (secondary N) is 2. The minimum Gasteiger partial charge on any atom is -0.372 e. The van der Waals surface area contributed by atoms with Crippen LogP contribution in [0.4, 0.5) is 15.9 Å². The van der Waals surface area contributed by atoms with Crippen LogP contribution in [-0.4, -0.2) is 22.9 Å². The van der Waals surface area contributed by atoms with Crippen molar-refractivity contribution in [2.75, 3.05) is 17.7 Å². The van der Waals surface area contributed by atoms with Gasteiger partial charge >= 0.3 is 0 Å². The molecule has 2 aromatic rings. The molecule has 0 fully saturated rings. The Bertz CT molecular complexity index is 603. The molecule has 0 aliphatic carbocycles. The van der Waals surface area contributed by atoms with Crippen molar-refractivity contribution in [1.82, 2.24) is 9.97 Å². The molecule has 98 valence electrons. The third kappa shape index (κ3) is 3.25. The van der Waals surface area contributed by atoms with E-state index in [1.54, 1.807) is 7.05 Å². The molecule has 0 bridgehead atoms. The van der Waals surface area contributed by atoms with Gasteiger partial charge in [-0.25, -0.2) is 14.4 Å². The lowest BCUT2D eigenvalue weighted by atomic mass is 10.3. The van der Waals surface area contributed by atoms with E-state index in [-0.39, 0.29) is 10.2 Å².